The molecule has 2 aromatic carbocycles. The van der Waals surface area contributed by atoms with Gasteiger partial charge in [0.05, 0.1) is 12.2 Å². The van der Waals surface area contributed by atoms with Gasteiger partial charge in [0.1, 0.15) is 17.1 Å². The van der Waals surface area contributed by atoms with Gasteiger partial charge in [0.25, 0.3) is 5.89 Å². The molecule has 1 aliphatic heterocycles. The number of aryl methyl sites for hydroxylation is 2. The monoisotopic (exact) mass is 557 g/mol. The number of nitrogens with zero attached hydrogens (tertiary/aromatic N) is 3. The van der Waals surface area contributed by atoms with E-state index >= 15 is 0 Å². The molecule has 1 fully saturated rings. The van der Waals surface area contributed by atoms with Crippen molar-refractivity contribution >= 4 is 16.8 Å². The van der Waals surface area contributed by atoms with E-state index in [1.807, 2.05) is 42.5 Å². The summed E-state index contributed by atoms with van der Waals surface area (Å²) in [6, 6.07) is 13.2. The Labute approximate surface area is 243 Å². The quantitative estimate of drug-likeness (QED) is 0.122. The molecule has 41 heavy (non-hydrogen) atoms. The van der Waals surface area contributed by atoms with Crippen LogP contribution in [0.4, 0.5) is 0 Å². The highest BCUT2D eigenvalue weighted by molar-refractivity contribution is 6.17. The van der Waals surface area contributed by atoms with Crippen molar-refractivity contribution in [1.82, 2.24) is 15.0 Å². The lowest BCUT2D eigenvalue weighted by molar-refractivity contribution is 0.103. The molecule has 5 rings (SSSR count). The predicted molar refractivity (Wildman–Crippen MR) is 161 cm³/mol. The summed E-state index contributed by atoms with van der Waals surface area (Å²) in [4.78, 5) is 20.8. The Hall–Kier alpha value is -3.45. The molecule has 0 radical (unpaired) electrons. The van der Waals surface area contributed by atoms with Crippen molar-refractivity contribution in [2.45, 2.75) is 72.6 Å². The third-order valence-electron chi connectivity index (χ3n) is 8.38. The van der Waals surface area contributed by atoms with Crippen LogP contribution in [0.15, 0.2) is 51.4 Å². The summed E-state index contributed by atoms with van der Waals surface area (Å²) in [6.45, 7) is 12.7. The Morgan fingerprint density at radius 3 is 2.44 bits per heavy atom. The number of piperidine rings is 1. The van der Waals surface area contributed by atoms with E-state index in [1.54, 1.807) is 6.92 Å². The molecule has 0 aliphatic carbocycles. The van der Waals surface area contributed by atoms with Crippen molar-refractivity contribution in [3.8, 4) is 17.2 Å². The first-order chi connectivity index (χ1) is 20.0. The molecule has 0 spiro atoms. The number of aromatic nitrogens is 2. The van der Waals surface area contributed by atoms with E-state index in [4.69, 9.17) is 13.7 Å². The maximum absolute atomic E-state index is 13.8. The normalized spacial score (nSPS) is 17.8. The molecule has 0 saturated carbocycles. The van der Waals surface area contributed by atoms with Gasteiger partial charge in [-0.25, -0.2) is 0 Å². The van der Waals surface area contributed by atoms with Crippen LogP contribution in [0.1, 0.15) is 86.8 Å². The predicted octanol–water partition coefficient (Wildman–Crippen LogP) is 7.89. The molecule has 3 heterocycles. The zero-order valence-electron chi connectivity index (χ0n) is 24.9. The summed E-state index contributed by atoms with van der Waals surface area (Å²) in [6.07, 6.45) is 7.57. The van der Waals surface area contributed by atoms with E-state index in [0.29, 0.717) is 41.5 Å². The number of fused-ring (bicyclic) bond motifs is 1. The largest absolute Gasteiger partial charge is 0.494 e. The van der Waals surface area contributed by atoms with Crippen molar-refractivity contribution in [2.24, 2.45) is 11.8 Å². The van der Waals surface area contributed by atoms with Crippen LogP contribution in [0.2, 0.25) is 0 Å². The molecule has 7 nitrogen and oxygen atoms in total. The van der Waals surface area contributed by atoms with Gasteiger partial charge in [0.15, 0.2) is 11.6 Å². The van der Waals surface area contributed by atoms with Gasteiger partial charge < -0.3 is 18.6 Å². The number of unbranched alkanes of at least 4 members (excludes halogenated alkanes) is 1. The Bertz CT molecular complexity index is 1430. The number of ketones is 1. The molecule has 4 aromatic rings. The zero-order chi connectivity index (χ0) is 28.8. The second-order valence-electron chi connectivity index (χ2n) is 11.5. The minimum absolute atomic E-state index is 0.0543. The van der Waals surface area contributed by atoms with Crippen molar-refractivity contribution in [2.75, 3.05) is 26.2 Å². The number of ether oxygens (including phenoxy) is 1. The summed E-state index contributed by atoms with van der Waals surface area (Å²) in [5.74, 6) is 4.09. The molecule has 0 amide bonds. The van der Waals surface area contributed by atoms with E-state index in [2.05, 4.69) is 35.8 Å². The molecular weight excluding hydrogens is 514 g/mol. The number of rotatable bonds is 13. The van der Waals surface area contributed by atoms with E-state index < -0.39 is 0 Å². The lowest BCUT2D eigenvalue weighted by Gasteiger charge is -2.37. The molecule has 0 N–H and O–H groups in total. The average molecular weight is 558 g/mol. The molecule has 2 aromatic heterocycles. The standard InChI is InChI=1S/C34H43N3O4/c1-5-8-10-31-32(29-20-27(13-16-30(29)40-31)34-35-23(4)36-41-34)33(38)26-11-14-28(15-12-26)39-18-9-17-37-21-24(6-2)19-25(7-3)22-37/h11-16,20,24-25H,5-10,17-19,21-22H2,1-4H3. The molecule has 2 atom stereocenters. The van der Waals surface area contributed by atoms with Gasteiger partial charge in [-0.15, -0.1) is 0 Å². The molecule has 218 valence electrons. The van der Waals surface area contributed by atoms with E-state index in [-0.39, 0.29) is 5.78 Å². The minimum Gasteiger partial charge on any atom is -0.494 e. The first-order valence-corrected chi connectivity index (χ1v) is 15.3. The number of hydrogen-bond acceptors (Lipinski definition) is 7. The molecule has 1 aliphatic rings. The lowest BCUT2D eigenvalue weighted by atomic mass is 9.86. The first-order valence-electron chi connectivity index (χ1n) is 15.3. The van der Waals surface area contributed by atoms with Crippen molar-refractivity contribution < 1.29 is 18.5 Å². The van der Waals surface area contributed by atoms with Gasteiger partial charge in [-0.2, -0.15) is 4.98 Å². The third-order valence-corrected chi connectivity index (χ3v) is 8.38. The summed E-state index contributed by atoms with van der Waals surface area (Å²) in [5, 5.41) is 4.67. The van der Waals surface area contributed by atoms with Crippen LogP contribution < -0.4 is 4.74 Å². The zero-order valence-corrected chi connectivity index (χ0v) is 24.9. The number of furan rings is 1. The Balaban J connectivity index is 1.26. The second-order valence-corrected chi connectivity index (χ2v) is 11.5. The van der Waals surface area contributed by atoms with Crippen LogP contribution in [-0.4, -0.2) is 47.1 Å². The van der Waals surface area contributed by atoms with Crippen molar-refractivity contribution in [3.63, 3.8) is 0 Å². The topological polar surface area (TPSA) is 81.6 Å². The molecule has 7 heteroatoms. The Kier molecular flexibility index (Phi) is 9.55. The van der Waals surface area contributed by atoms with E-state index in [0.717, 1.165) is 60.1 Å². The van der Waals surface area contributed by atoms with Gasteiger partial charge in [-0.3, -0.25) is 4.79 Å². The van der Waals surface area contributed by atoms with Crippen molar-refractivity contribution in [3.05, 3.63) is 65.2 Å². The van der Waals surface area contributed by atoms with Crippen LogP contribution in [0, 0.1) is 18.8 Å². The fourth-order valence-electron chi connectivity index (χ4n) is 5.98. The number of hydrogen-bond donors (Lipinski definition) is 0. The van der Waals surface area contributed by atoms with Crippen LogP contribution in [-0.2, 0) is 6.42 Å². The molecule has 1 saturated heterocycles. The van der Waals surface area contributed by atoms with Gasteiger partial charge >= 0.3 is 0 Å². The van der Waals surface area contributed by atoms with Gasteiger partial charge in [0, 0.05) is 42.6 Å². The maximum Gasteiger partial charge on any atom is 0.257 e. The average Bonchev–Trinajstić information content (AvgIpc) is 3.60. The second kappa shape index (κ2) is 13.5. The summed E-state index contributed by atoms with van der Waals surface area (Å²) in [7, 11) is 0. The van der Waals surface area contributed by atoms with Crippen LogP contribution in [0.5, 0.6) is 5.75 Å². The summed E-state index contributed by atoms with van der Waals surface area (Å²) >= 11 is 0. The summed E-state index contributed by atoms with van der Waals surface area (Å²) in [5.41, 5.74) is 2.67. The molecular formula is C34H43N3O4. The number of likely N-dealkylation sites (tertiary alicyclic amines) is 1. The van der Waals surface area contributed by atoms with Gasteiger partial charge in [-0.1, -0.05) is 45.2 Å². The van der Waals surface area contributed by atoms with Crippen molar-refractivity contribution in [1.29, 1.82) is 0 Å². The van der Waals surface area contributed by atoms with Gasteiger partial charge in [0.2, 0.25) is 0 Å². The van der Waals surface area contributed by atoms with Gasteiger partial charge in [-0.05, 0) is 80.5 Å². The van der Waals surface area contributed by atoms with Crippen LogP contribution in [0.3, 0.4) is 0 Å². The fourth-order valence-corrected chi connectivity index (χ4v) is 5.98. The smallest absolute Gasteiger partial charge is 0.257 e. The Morgan fingerprint density at radius 1 is 1.02 bits per heavy atom. The molecule has 2 unspecified atom stereocenters. The SMILES string of the molecule is CCCCc1oc2ccc(-c3nc(C)no3)cc2c1C(=O)c1ccc(OCCCN2CC(CC)CC(CC)C2)cc1. The highest BCUT2D eigenvalue weighted by Gasteiger charge is 2.25. The number of benzene rings is 2. The van der Waals surface area contributed by atoms with E-state index in [1.165, 1.54) is 32.4 Å². The number of carbonyl (C=O) groups excluding carboxylic acids is 1. The lowest BCUT2D eigenvalue weighted by Crippen LogP contribution is -2.41. The van der Waals surface area contributed by atoms with Crippen LogP contribution in [0.25, 0.3) is 22.4 Å². The third kappa shape index (κ3) is 6.89. The minimum atomic E-state index is -0.0543. The Morgan fingerprint density at radius 2 is 1.78 bits per heavy atom. The van der Waals surface area contributed by atoms with Crippen LogP contribution >= 0.6 is 0 Å². The fraction of sp³-hybridized carbons (Fsp3) is 0.500. The summed E-state index contributed by atoms with van der Waals surface area (Å²) < 4.78 is 17.6. The van der Waals surface area contributed by atoms with E-state index in [9.17, 15) is 4.79 Å². The number of carbonyl (C=O) groups is 1. The maximum atomic E-state index is 13.8. The highest BCUT2D eigenvalue weighted by Crippen LogP contribution is 2.33. The highest BCUT2D eigenvalue weighted by atomic mass is 16.5. The molecule has 0 bridgehead atoms. The first kappa shape index (κ1) is 29.1.